The topological polar surface area (TPSA) is 25.8 Å². The summed E-state index contributed by atoms with van der Waals surface area (Å²) in [6, 6.07) is 50.1. The quantitative estimate of drug-likeness (QED) is 0.136. The zero-order valence-corrected chi connectivity index (χ0v) is 24.4. The second kappa shape index (κ2) is 12.6. The van der Waals surface area contributed by atoms with E-state index in [4.69, 9.17) is 0 Å². The standard InChI is InChI=1S/C26H18N.C11H8N.Ir/c1-18-13-14-27-26(15-18)21-9-6-8-19(16-21)25-17-20-7-2-3-10-22(20)23-11-4-5-12-24(23)25;1-2-6-10(7-3-1)11-8-4-5-9-12-11;/h2-8,10-17H,1H3;1-6,8-9H;/q2*-1;. The summed E-state index contributed by atoms with van der Waals surface area (Å²) in [5, 5.41) is 5.10. The molecular formula is C37H26IrN2-2. The van der Waals surface area contributed by atoms with Gasteiger partial charge < -0.3 is 9.97 Å². The summed E-state index contributed by atoms with van der Waals surface area (Å²) in [7, 11) is 0. The number of hydrogen-bond acceptors (Lipinski definition) is 2. The maximum atomic E-state index is 4.53. The van der Waals surface area contributed by atoms with Gasteiger partial charge in [-0.15, -0.1) is 71.3 Å². The van der Waals surface area contributed by atoms with Crippen LogP contribution in [0, 0.1) is 19.1 Å². The van der Waals surface area contributed by atoms with Crippen molar-refractivity contribution in [3.8, 4) is 33.6 Å². The van der Waals surface area contributed by atoms with Crippen molar-refractivity contribution in [3.63, 3.8) is 0 Å². The number of nitrogens with zero attached hydrogens (tertiary/aromatic N) is 2. The molecule has 5 aromatic carbocycles. The minimum Gasteiger partial charge on any atom is -0.305 e. The minimum atomic E-state index is 0. The Morgan fingerprint density at radius 2 is 1.25 bits per heavy atom. The molecule has 0 aliphatic carbocycles. The van der Waals surface area contributed by atoms with Gasteiger partial charge in [0.1, 0.15) is 0 Å². The van der Waals surface area contributed by atoms with Gasteiger partial charge in [0, 0.05) is 32.5 Å². The Kier molecular flexibility index (Phi) is 8.56. The first-order valence-corrected chi connectivity index (χ1v) is 13.0. The largest absolute Gasteiger partial charge is 0.305 e. The number of pyridine rings is 2. The minimum absolute atomic E-state index is 0. The number of aromatic nitrogens is 2. The fourth-order valence-electron chi connectivity index (χ4n) is 4.83. The van der Waals surface area contributed by atoms with Crippen LogP contribution in [0.2, 0.25) is 0 Å². The summed E-state index contributed by atoms with van der Waals surface area (Å²) in [6.45, 7) is 2.09. The third-order valence-corrected chi connectivity index (χ3v) is 6.72. The van der Waals surface area contributed by atoms with Gasteiger partial charge in [0.05, 0.1) is 0 Å². The van der Waals surface area contributed by atoms with Crippen LogP contribution in [0.15, 0.2) is 140 Å². The van der Waals surface area contributed by atoms with Crippen molar-refractivity contribution >= 4 is 21.5 Å². The molecule has 7 rings (SSSR count). The summed E-state index contributed by atoms with van der Waals surface area (Å²) in [5.74, 6) is 0. The van der Waals surface area contributed by atoms with Gasteiger partial charge in [0.2, 0.25) is 0 Å². The molecule has 0 bridgehead atoms. The second-order valence-corrected chi connectivity index (χ2v) is 9.39. The fraction of sp³-hybridized carbons (Fsp3) is 0.0270. The van der Waals surface area contributed by atoms with E-state index in [-0.39, 0.29) is 20.1 Å². The van der Waals surface area contributed by atoms with Crippen LogP contribution in [-0.2, 0) is 20.1 Å². The SMILES string of the molecule is Cc1ccnc(-c2[c-]ccc(-c3cc4ccccc4c4ccccc34)c2)c1.[Ir].[c-]1ccccc1-c1ccccn1. The average Bonchev–Trinajstić information content (AvgIpc) is 3.02. The Balaban J connectivity index is 0.000000209. The van der Waals surface area contributed by atoms with Crippen LogP contribution in [0.5, 0.6) is 0 Å². The van der Waals surface area contributed by atoms with E-state index in [0.717, 1.165) is 22.5 Å². The molecule has 2 nitrogen and oxygen atoms in total. The second-order valence-electron chi connectivity index (χ2n) is 9.39. The number of benzene rings is 5. The van der Waals surface area contributed by atoms with E-state index in [1.807, 2.05) is 60.8 Å². The molecule has 7 aromatic rings. The fourth-order valence-corrected chi connectivity index (χ4v) is 4.83. The monoisotopic (exact) mass is 691 g/mol. The van der Waals surface area contributed by atoms with Crippen LogP contribution in [0.1, 0.15) is 5.56 Å². The zero-order valence-electron chi connectivity index (χ0n) is 22.0. The first-order chi connectivity index (χ1) is 19.3. The maximum absolute atomic E-state index is 4.53. The van der Waals surface area contributed by atoms with Crippen molar-refractivity contribution < 1.29 is 20.1 Å². The van der Waals surface area contributed by atoms with Crippen molar-refractivity contribution in [2.75, 3.05) is 0 Å². The Labute approximate surface area is 248 Å². The molecule has 0 saturated heterocycles. The summed E-state index contributed by atoms with van der Waals surface area (Å²) in [6.07, 6.45) is 3.65. The Morgan fingerprint density at radius 3 is 2.02 bits per heavy atom. The molecule has 2 heterocycles. The van der Waals surface area contributed by atoms with Gasteiger partial charge in [-0.25, -0.2) is 0 Å². The normalized spacial score (nSPS) is 10.4. The molecule has 3 heteroatoms. The number of fused-ring (bicyclic) bond motifs is 3. The van der Waals surface area contributed by atoms with Crippen LogP contribution in [-0.4, -0.2) is 9.97 Å². The van der Waals surface area contributed by atoms with Gasteiger partial charge in [-0.1, -0.05) is 72.3 Å². The predicted octanol–water partition coefficient (Wildman–Crippen LogP) is 9.38. The summed E-state index contributed by atoms with van der Waals surface area (Å²) in [5.41, 5.74) is 7.63. The van der Waals surface area contributed by atoms with Crippen LogP contribution in [0.3, 0.4) is 0 Å². The summed E-state index contributed by atoms with van der Waals surface area (Å²) in [4.78, 5) is 8.74. The molecule has 0 saturated carbocycles. The van der Waals surface area contributed by atoms with Gasteiger partial charge in [-0.3, -0.25) is 0 Å². The van der Waals surface area contributed by atoms with E-state index in [9.17, 15) is 0 Å². The van der Waals surface area contributed by atoms with Gasteiger partial charge >= 0.3 is 0 Å². The van der Waals surface area contributed by atoms with E-state index in [1.165, 1.54) is 38.2 Å². The molecule has 40 heavy (non-hydrogen) atoms. The molecule has 0 amide bonds. The molecule has 0 fully saturated rings. The molecule has 0 aliphatic heterocycles. The smallest absolute Gasteiger partial charge is 0.0163 e. The predicted molar refractivity (Wildman–Crippen MR) is 162 cm³/mol. The third-order valence-electron chi connectivity index (χ3n) is 6.72. The van der Waals surface area contributed by atoms with Gasteiger partial charge in [0.25, 0.3) is 0 Å². The van der Waals surface area contributed by atoms with Gasteiger partial charge in [0.15, 0.2) is 0 Å². The van der Waals surface area contributed by atoms with E-state index in [0.29, 0.717) is 0 Å². The van der Waals surface area contributed by atoms with Crippen LogP contribution < -0.4 is 0 Å². The molecule has 1 radical (unpaired) electrons. The van der Waals surface area contributed by atoms with Crippen molar-refractivity contribution in [2.45, 2.75) is 6.92 Å². The molecule has 0 atom stereocenters. The number of rotatable bonds is 3. The molecule has 0 unspecified atom stereocenters. The van der Waals surface area contributed by atoms with Crippen molar-refractivity contribution in [1.29, 1.82) is 0 Å². The van der Waals surface area contributed by atoms with E-state index in [2.05, 4.69) is 102 Å². The molecule has 195 valence electrons. The molecule has 2 aromatic heterocycles. The summed E-state index contributed by atoms with van der Waals surface area (Å²) >= 11 is 0. The van der Waals surface area contributed by atoms with E-state index >= 15 is 0 Å². The van der Waals surface area contributed by atoms with Crippen LogP contribution in [0.25, 0.3) is 55.2 Å². The third kappa shape index (κ3) is 5.92. The molecular weight excluding hydrogens is 665 g/mol. The van der Waals surface area contributed by atoms with Crippen LogP contribution >= 0.6 is 0 Å². The van der Waals surface area contributed by atoms with Crippen molar-refractivity contribution in [1.82, 2.24) is 9.97 Å². The van der Waals surface area contributed by atoms with Crippen molar-refractivity contribution in [2.24, 2.45) is 0 Å². The van der Waals surface area contributed by atoms with E-state index in [1.54, 1.807) is 6.20 Å². The maximum Gasteiger partial charge on any atom is 0.0163 e. The molecule has 0 N–H and O–H groups in total. The Hall–Kier alpha value is -4.43. The van der Waals surface area contributed by atoms with Crippen molar-refractivity contribution in [3.05, 3.63) is 157 Å². The first kappa shape index (κ1) is 27.1. The zero-order chi connectivity index (χ0) is 26.4. The Bertz CT molecular complexity index is 1830. The Morgan fingerprint density at radius 1 is 0.525 bits per heavy atom. The van der Waals surface area contributed by atoms with Crippen LogP contribution in [0.4, 0.5) is 0 Å². The average molecular weight is 691 g/mol. The number of aryl methyl sites for hydroxylation is 1. The first-order valence-electron chi connectivity index (χ1n) is 13.0. The summed E-state index contributed by atoms with van der Waals surface area (Å²) < 4.78 is 0. The van der Waals surface area contributed by atoms with E-state index < -0.39 is 0 Å². The molecule has 0 spiro atoms. The van der Waals surface area contributed by atoms with Gasteiger partial charge in [-0.2, -0.15) is 0 Å². The van der Waals surface area contributed by atoms with Gasteiger partial charge in [-0.05, 0) is 63.6 Å². The number of hydrogen-bond donors (Lipinski definition) is 0. The molecule has 0 aliphatic rings.